The highest BCUT2D eigenvalue weighted by Crippen LogP contribution is 2.42. The average molecular weight is 871 g/mol. The predicted molar refractivity (Wildman–Crippen MR) is 275 cm³/mol. The first-order valence-electron chi connectivity index (χ1n) is 22.6. The number of nitrogens with zero attached hydrogens (tertiary/aromatic N) is 8. The van der Waals surface area contributed by atoms with Crippen molar-refractivity contribution < 1.29 is 0 Å². The van der Waals surface area contributed by atoms with Crippen LogP contribution in [0.2, 0.25) is 0 Å². The maximum Gasteiger partial charge on any atom is 0.238 e. The average Bonchev–Trinajstić information content (AvgIpc) is 3.95. The minimum absolute atomic E-state index is 0.540. The van der Waals surface area contributed by atoms with Crippen LogP contribution in [0.5, 0.6) is 0 Å². The lowest BCUT2D eigenvalue weighted by atomic mass is 10.0. The molecule has 0 fully saturated rings. The normalized spacial score (nSPS) is 11.5. The Labute approximate surface area is 391 Å². The predicted octanol–water partition coefficient (Wildman–Crippen LogP) is 14.3. The molecule has 8 nitrogen and oxygen atoms in total. The Morgan fingerprint density at radius 2 is 0.529 bits per heavy atom. The Bertz CT molecular complexity index is 3920. The fourth-order valence-electron chi connectivity index (χ4n) is 9.43. The van der Waals surface area contributed by atoms with Gasteiger partial charge in [0.05, 0.1) is 22.1 Å². The van der Waals surface area contributed by atoms with Gasteiger partial charge in [-0.1, -0.05) is 194 Å². The van der Waals surface area contributed by atoms with Gasteiger partial charge in [-0.15, -0.1) is 0 Å². The van der Waals surface area contributed by atoms with E-state index < -0.39 is 0 Å². The maximum absolute atomic E-state index is 5.27. The standard InChI is InChI=1S/C60H38N8/c1-5-17-39(18-6-1)40-29-31-44(32-30-40)56-61-55(41-19-7-2-8-20-41)62-57(63-56)45-33-35-46(36-34-45)67-51-27-15-13-25-47(51)49-37-38-50-48-26-14-16-28-52(48)68(54(50)53(49)67)60-65-58(42-21-9-3-10-22-42)64-59(66-60)43-23-11-4-12-24-43/h1-38H. The van der Waals surface area contributed by atoms with Crippen LogP contribution in [0.4, 0.5) is 0 Å². The van der Waals surface area contributed by atoms with Gasteiger partial charge in [0.25, 0.3) is 0 Å². The third-order valence-electron chi connectivity index (χ3n) is 12.7. The van der Waals surface area contributed by atoms with E-state index in [4.69, 9.17) is 29.9 Å². The molecule has 0 saturated carbocycles. The maximum atomic E-state index is 5.27. The van der Waals surface area contributed by atoms with Gasteiger partial charge in [-0.2, -0.15) is 9.97 Å². The summed E-state index contributed by atoms with van der Waals surface area (Å²) in [5, 5.41) is 4.47. The van der Waals surface area contributed by atoms with E-state index in [2.05, 4.69) is 143 Å². The van der Waals surface area contributed by atoms with Crippen molar-refractivity contribution in [3.63, 3.8) is 0 Å². The molecule has 4 aromatic heterocycles. The third-order valence-corrected chi connectivity index (χ3v) is 12.7. The third kappa shape index (κ3) is 6.70. The Balaban J connectivity index is 1.01. The van der Waals surface area contributed by atoms with E-state index >= 15 is 0 Å². The number of para-hydroxylation sites is 2. The molecule has 0 unspecified atom stereocenters. The first-order chi connectivity index (χ1) is 33.7. The molecule has 0 amide bonds. The van der Waals surface area contributed by atoms with Crippen molar-refractivity contribution in [3.8, 4) is 79.7 Å². The summed E-state index contributed by atoms with van der Waals surface area (Å²) in [7, 11) is 0. The Morgan fingerprint density at radius 1 is 0.221 bits per heavy atom. The molecule has 0 aliphatic rings. The molecule has 0 N–H and O–H groups in total. The molecule has 0 saturated heterocycles. The molecule has 0 aliphatic carbocycles. The Morgan fingerprint density at radius 3 is 0.985 bits per heavy atom. The van der Waals surface area contributed by atoms with Crippen LogP contribution in [-0.2, 0) is 0 Å². The summed E-state index contributed by atoms with van der Waals surface area (Å²) in [6.07, 6.45) is 0. The molecule has 0 atom stereocenters. The second-order valence-electron chi connectivity index (χ2n) is 16.7. The summed E-state index contributed by atoms with van der Waals surface area (Å²) in [5.74, 6) is 3.56. The van der Waals surface area contributed by atoms with E-state index in [1.807, 2.05) is 97.1 Å². The Kier molecular flexibility index (Phi) is 9.31. The summed E-state index contributed by atoms with van der Waals surface area (Å²) < 4.78 is 4.59. The first-order valence-corrected chi connectivity index (χ1v) is 22.6. The van der Waals surface area contributed by atoms with Crippen molar-refractivity contribution in [1.29, 1.82) is 0 Å². The number of hydrogen-bond donors (Lipinski definition) is 0. The number of rotatable bonds is 8. The van der Waals surface area contributed by atoms with Gasteiger partial charge in [-0.05, 0) is 47.5 Å². The summed E-state index contributed by atoms with van der Waals surface area (Å²) in [5.41, 5.74) is 11.9. The summed E-state index contributed by atoms with van der Waals surface area (Å²) >= 11 is 0. The lowest BCUT2D eigenvalue weighted by Crippen LogP contribution is -2.07. The lowest BCUT2D eigenvalue weighted by Gasteiger charge is -2.14. The van der Waals surface area contributed by atoms with E-state index in [0.29, 0.717) is 35.1 Å². The minimum atomic E-state index is 0.540. The fourth-order valence-corrected chi connectivity index (χ4v) is 9.43. The lowest BCUT2D eigenvalue weighted by molar-refractivity contribution is 0.953. The van der Waals surface area contributed by atoms with Gasteiger partial charge in [-0.3, -0.25) is 4.57 Å². The van der Waals surface area contributed by atoms with E-state index in [1.54, 1.807) is 0 Å². The van der Waals surface area contributed by atoms with Gasteiger partial charge in [0.1, 0.15) is 0 Å². The zero-order valence-corrected chi connectivity index (χ0v) is 36.5. The molecular formula is C60H38N8. The highest BCUT2D eigenvalue weighted by Gasteiger charge is 2.24. The first kappa shape index (κ1) is 39.0. The molecule has 68 heavy (non-hydrogen) atoms. The van der Waals surface area contributed by atoms with Crippen molar-refractivity contribution in [2.24, 2.45) is 0 Å². The number of hydrogen-bond acceptors (Lipinski definition) is 6. The number of aromatic nitrogens is 8. The van der Waals surface area contributed by atoms with Crippen molar-refractivity contribution in [3.05, 3.63) is 231 Å². The number of benzene rings is 9. The topological polar surface area (TPSA) is 87.2 Å². The van der Waals surface area contributed by atoms with Crippen LogP contribution >= 0.6 is 0 Å². The van der Waals surface area contributed by atoms with Crippen LogP contribution in [0.3, 0.4) is 0 Å². The molecule has 0 bridgehead atoms. The SMILES string of the molecule is c1ccc(-c2ccc(-c3nc(-c4ccccc4)nc(-c4ccc(-n5c6ccccc6c6ccc7c8ccccc8n(-c8nc(-c9ccccc9)nc(-c9ccccc9)n8)c7c65)cc4)n3)cc2)cc1. The van der Waals surface area contributed by atoms with Crippen molar-refractivity contribution in [2.75, 3.05) is 0 Å². The zero-order chi connectivity index (χ0) is 45.0. The van der Waals surface area contributed by atoms with Crippen LogP contribution < -0.4 is 0 Å². The Hall–Kier alpha value is -9.40. The summed E-state index contributed by atoms with van der Waals surface area (Å²) in [4.78, 5) is 30.8. The van der Waals surface area contributed by atoms with Crippen LogP contribution in [0, 0.1) is 0 Å². The van der Waals surface area contributed by atoms with Crippen molar-refractivity contribution in [2.45, 2.75) is 0 Å². The van der Waals surface area contributed by atoms with Crippen molar-refractivity contribution in [1.82, 2.24) is 39.0 Å². The molecule has 0 radical (unpaired) electrons. The monoisotopic (exact) mass is 870 g/mol. The number of fused-ring (bicyclic) bond motifs is 7. The van der Waals surface area contributed by atoms with E-state index in [0.717, 1.165) is 88.2 Å². The highest BCUT2D eigenvalue weighted by molar-refractivity contribution is 6.23. The largest absolute Gasteiger partial charge is 0.307 e. The van der Waals surface area contributed by atoms with Gasteiger partial charge in [0, 0.05) is 55.0 Å². The molecule has 318 valence electrons. The van der Waals surface area contributed by atoms with Crippen LogP contribution in [-0.4, -0.2) is 39.0 Å². The second-order valence-corrected chi connectivity index (χ2v) is 16.7. The molecule has 0 spiro atoms. The highest BCUT2D eigenvalue weighted by atomic mass is 15.2. The molecule has 9 aromatic carbocycles. The molecular weight excluding hydrogens is 833 g/mol. The molecule has 0 aliphatic heterocycles. The van der Waals surface area contributed by atoms with Gasteiger partial charge in [0.2, 0.25) is 5.95 Å². The van der Waals surface area contributed by atoms with Crippen LogP contribution in [0.15, 0.2) is 231 Å². The summed E-state index contributed by atoms with van der Waals surface area (Å²) in [6, 6.07) is 79.3. The molecule has 13 rings (SSSR count). The van der Waals surface area contributed by atoms with Crippen molar-refractivity contribution >= 4 is 43.6 Å². The van der Waals surface area contributed by atoms with Crippen LogP contribution in [0.25, 0.3) is 123 Å². The molecule has 8 heteroatoms. The smallest absolute Gasteiger partial charge is 0.238 e. The van der Waals surface area contributed by atoms with E-state index in [9.17, 15) is 0 Å². The van der Waals surface area contributed by atoms with E-state index in [-0.39, 0.29) is 0 Å². The van der Waals surface area contributed by atoms with E-state index in [1.165, 1.54) is 0 Å². The second kappa shape index (κ2) is 16.2. The zero-order valence-electron chi connectivity index (χ0n) is 36.5. The van der Waals surface area contributed by atoms with Gasteiger partial charge in [-0.25, -0.2) is 19.9 Å². The van der Waals surface area contributed by atoms with Gasteiger partial charge < -0.3 is 4.57 Å². The quantitative estimate of drug-likeness (QED) is 0.151. The summed E-state index contributed by atoms with van der Waals surface area (Å²) in [6.45, 7) is 0. The van der Waals surface area contributed by atoms with Gasteiger partial charge >= 0.3 is 0 Å². The minimum Gasteiger partial charge on any atom is -0.307 e. The molecule has 4 heterocycles. The van der Waals surface area contributed by atoms with Crippen LogP contribution in [0.1, 0.15) is 0 Å². The van der Waals surface area contributed by atoms with Gasteiger partial charge in [0.15, 0.2) is 29.1 Å². The molecule has 13 aromatic rings. The fraction of sp³-hybridized carbons (Fsp3) is 0.